The van der Waals surface area contributed by atoms with Crippen LogP contribution >= 0.6 is 0 Å². The molecule has 1 aliphatic carbocycles. The molecule has 1 aliphatic rings. The lowest BCUT2D eigenvalue weighted by Gasteiger charge is -2.32. The number of hydrogen-bond acceptors (Lipinski definition) is 2. The van der Waals surface area contributed by atoms with Crippen LogP contribution in [0.25, 0.3) is 0 Å². The van der Waals surface area contributed by atoms with Crippen molar-refractivity contribution in [3.05, 3.63) is 29.3 Å². The van der Waals surface area contributed by atoms with Crippen LogP contribution in [0, 0.1) is 18.8 Å². The first-order valence-electron chi connectivity index (χ1n) is 7.47. The summed E-state index contributed by atoms with van der Waals surface area (Å²) in [6.45, 7) is 7.81. The topological polar surface area (TPSA) is 21.3 Å². The first-order valence-corrected chi connectivity index (χ1v) is 7.47. The van der Waals surface area contributed by atoms with Gasteiger partial charge in [0.25, 0.3) is 0 Å². The second-order valence-electron chi connectivity index (χ2n) is 6.16. The third kappa shape index (κ3) is 3.73. The Labute approximate surface area is 117 Å². The summed E-state index contributed by atoms with van der Waals surface area (Å²) in [6, 6.07) is 7.06. The van der Waals surface area contributed by atoms with Crippen molar-refractivity contribution < 1.29 is 4.74 Å². The average Bonchev–Trinajstić information content (AvgIpc) is 2.40. The molecule has 0 radical (unpaired) electrons. The fourth-order valence-electron chi connectivity index (χ4n) is 3.03. The molecule has 1 fully saturated rings. The maximum Gasteiger partial charge on any atom is 0.123 e. The van der Waals surface area contributed by atoms with Gasteiger partial charge in [-0.3, -0.25) is 0 Å². The van der Waals surface area contributed by atoms with E-state index in [4.69, 9.17) is 4.74 Å². The molecule has 0 aromatic heterocycles. The van der Waals surface area contributed by atoms with Crippen molar-refractivity contribution in [3.8, 4) is 5.75 Å². The predicted octanol–water partition coefficient (Wildman–Crippen LogP) is 3.92. The Morgan fingerprint density at radius 2 is 2.00 bits per heavy atom. The van der Waals surface area contributed by atoms with Crippen LogP contribution in [0.15, 0.2) is 18.2 Å². The van der Waals surface area contributed by atoms with E-state index in [1.54, 1.807) is 7.11 Å². The van der Waals surface area contributed by atoms with Crippen molar-refractivity contribution in [1.29, 1.82) is 0 Å². The highest BCUT2D eigenvalue weighted by molar-refractivity contribution is 5.36. The predicted molar refractivity (Wildman–Crippen MR) is 80.5 cm³/mol. The SMILES string of the molecule is COc1ccc(C)cc1CNC1CCC(C)C(C)C1. The van der Waals surface area contributed by atoms with Crippen molar-refractivity contribution in [2.45, 2.75) is 52.6 Å². The first-order chi connectivity index (χ1) is 9.10. The van der Waals surface area contributed by atoms with E-state index in [1.807, 2.05) is 0 Å². The van der Waals surface area contributed by atoms with Gasteiger partial charge in [-0.1, -0.05) is 31.5 Å². The lowest BCUT2D eigenvalue weighted by molar-refractivity contribution is 0.225. The number of ether oxygens (including phenoxy) is 1. The maximum atomic E-state index is 5.44. The van der Waals surface area contributed by atoms with Crippen molar-refractivity contribution in [1.82, 2.24) is 5.32 Å². The monoisotopic (exact) mass is 261 g/mol. The molecule has 0 bridgehead atoms. The third-order valence-corrected chi connectivity index (χ3v) is 4.62. The van der Waals surface area contributed by atoms with Crippen LogP contribution in [0.4, 0.5) is 0 Å². The zero-order valence-corrected chi connectivity index (χ0v) is 12.7. The molecule has 0 saturated heterocycles. The highest BCUT2D eigenvalue weighted by Crippen LogP contribution is 2.29. The molecule has 1 aromatic rings. The number of aryl methyl sites for hydroxylation is 1. The lowest BCUT2D eigenvalue weighted by Crippen LogP contribution is -2.35. The van der Waals surface area contributed by atoms with Gasteiger partial charge in [-0.15, -0.1) is 0 Å². The molecule has 19 heavy (non-hydrogen) atoms. The quantitative estimate of drug-likeness (QED) is 0.887. The molecule has 0 aliphatic heterocycles. The summed E-state index contributed by atoms with van der Waals surface area (Å²) in [7, 11) is 1.75. The van der Waals surface area contributed by atoms with E-state index in [0.717, 1.165) is 24.1 Å². The zero-order chi connectivity index (χ0) is 13.8. The van der Waals surface area contributed by atoms with Gasteiger partial charge >= 0.3 is 0 Å². The van der Waals surface area contributed by atoms with Crippen LogP contribution in [0.1, 0.15) is 44.2 Å². The molecule has 0 amide bonds. The van der Waals surface area contributed by atoms with Crippen molar-refractivity contribution in [2.75, 3.05) is 7.11 Å². The van der Waals surface area contributed by atoms with Crippen LogP contribution in [0.5, 0.6) is 5.75 Å². The van der Waals surface area contributed by atoms with E-state index in [-0.39, 0.29) is 0 Å². The highest BCUT2D eigenvalue weighted by atomic mass is 16.5. The lowest BCUT2D eigenvalue weighted by atomic mass is 9.79. The van der Waals surface area contributed by atoms with Crippen LogP contribution in [0.3, 0.4) is 0 Å². The van der Waals surface area contributed by atoms with Gasteiger partial charge in [0.2, 0.25) is 0 Å². The Balaban J connectivity index is 1.93. The maximum absolute atomic E-state index is 5.44. The molecular formula is C17H27NO. The van der Waals surface area contributed by atoms with Gasteiger partial charge < -0.3 is 10.1 Å². The van der Waals surface area contributed by atoms with Crippen LogP contribution in [-0.2, 0) is 6.54 Å². The van der Waals surface area contributed by atoms with E-state index < -0.39 is 0 Å². The summed E-state index contributed by atoms with van der Waals surface area (Å²) in [5, 5.41) is 3.71. The molecular weight excluding hydrogens is 234 g/mol. The standard InChI is InChI=1S/C17H27NO/c1-12-5-8-17(19-4)15(9-12)11-18-16-7-6-13(2)14(3)10-16/h5,8-9,13-14,16,18H,6-7,10-11H2,1-4H3. The van der Waals surface area contributed by atoms with Crippen molar-refractivity contribution in [2.24, 2.45) is 11.8 Å². The third-order valence-electron chi connectivity index (χ3n) is 4.62. The van der Waals surface area contributed by atoms with E-state index in [0.29, 0.717) is 6.04 Å². The Hall–Kier alpha value is -1.02. The second kappa shape index (κ2) is 6.42. The minimum Gasteiger partial charge on any atom is -0.496 e. The van der Waals surface area contributed by atoms with E-state index in [1.165, 1.54) is 30.4 Å². The Morgan fingerprint density at radius 3 is 2.68 bits per heavy atom. The number of benzene rings is 1. The molecule has 0 spiro atoms. The zero-order valence-electron chi connectivity index (χ0n) is 12.7. The number of nitrogens with one attached hydrogen (secondary N) is 1. The smallest absolute Gasteiger partial charge is 0.123 e. The molecule has 2 nitrogen and oxygen atoms in total. The van der Waals surface area contributed by atoms with Crippen LogP contribution in [-0.4, -0.2) is 13.2 Å². The minimum atomic E-state index is 0.663. The fraction of sp³-hybridized carbons (Fsp3) is 0.647. The van der Waals surface area contributed by atoms with Crippen LogP contribution < -0.4 is 10.1 Å². The molecule has 106 valence electrons. The van der Waals surface area contributed by atoms with Gasteiger partial charge in [0.05, 0.1) is 7.11 Å². The van der Waals surface area contributed by atoms with Gasteiger partial charge in [0, 0.05) is 18.2 Å². The minimum absolute atomic E-state index is 0.663. The summed E-state index contributed by atoms with van der Waals surface area (Å²) in [5.74, 6) is 2.72. The van der Waals surface area contributed by atoms with Gasteiger partial charge in [-0.25, -0.2) is 0 Å². The Kier molecular flexibility index (Phi) is 4.87. The molecule has 1 N–H and O–H groups in total. The summed E-state index contributed by atoms with van der Waals surface area (Å²) in [6.07, 6.45) is 3.96. The molecule has 1 saturated carbocycles. The first kappa shape index (κ1) is 14.4. The fourth-order valence-corrected chi connectivity index (χ4v) is 3.03. The average molecular weight is 261 g/mol. The van der Waals surface area contributed by atoms with Crippen molar-refractivity contribution >= 4 is 0 Å². The van der Waals surface area contributed by atoms with Crippen molar-refractivity contribution in [3.63, 3.8) is 0 Å². The number of hydrogen-bond donors (Lipinski definition) is 1. The summed E-state index contributed by atoms with van der Waals surface area (Å²) >= 11 is 0. The van der Waals surface area contributed by atoms with E-state index >= 15 is 0 Å². The Morgan fingerprint density at radius 1 is 1.21 bits per heavy atom. The number of rotatable bonds is 4. The van der Waals surface area contributed by atoms with E-state index in [2.05, 4.69) is 44.3 Å². The second-order valence-corrected chi connectivity index (χ2v) is 6.16. The van der Waals surface area contributed by atoms with E-state index in [9.17, 15) is 0 Å². The Bertz CT molecular complexity index is 416. The number of methoxy groups -OCH3 is 1. The molecule has 0 heterocycles. The summed E-state index contributed by atoms with van der Waals surface area (Å²) in [5.41, 5.74) is 2.57. The van der Waals surface area contributed by atoms with Gasteiger partial charge in [-0.2, -0.15) is 0 Å². The molecule has 1 aromatic carbocycles. The largest absolute Gasteiger partial charge is 0.496 e. The summed E-state index contributed by atoms with van der Waals surface area (Å²) < 4.78 is 5.44. The van der Waals surface area contributed by atoms with Crippen LogP contribution in [0.2, 0.25) is 0 Å². The molecule has 3 atom stereocenters. The highest BCUT2D eigenvalue weighted by Gasteiger charge is 2.24. The van der Waals surface area contributed by atoms with Gasteiger partial charge in [-0.05, 0) is 44.1 Å². The summed E-state index contributed by atoms with van der Waals surface area (Å²) in [4.78, 5) is 0. The van der Waals surface area contributed by atoms with Gasteiger partial charge in [0.15, 0.2) is 0 Å². The molecule has 2 heteroatoms. The molecule has 2 rings (SSSR count). The normalized spacial score (nSPS) is 27.3. The van der Waals surface area contributed by atoms with Gasteiger partial charge in [0.1, 0.15) is 5.75 Å². The molecule has 3 unspecified atom stereocenters.